The average Bonchev–Trinajstić information content (AvgIpc) is 2.24. The Hall–Kier alpha value is -1.34. The van der Waals surface area contributed by atoms with Gasteiger partial charge in [-0.1, -0.05) is 0 Å². The summed E-state index contributed by atoms with van der Waals surface area (Å²) in [5.41, 5.74) is 16.2. The number of carboxylic acids is 1. The quantitative estimate of drug-likeness (QED) is 0.194. The highest BCUT2D eigenvalue weighted by Crippen LogP contribution is 1.92. The van der Waals surface area contributed by atoms with E-state index in [4.69, 9.17) is 22.3 Å². The molecule has 0 spiro atoms. The van der Waals surface area contributed by atoms with Crippen LogP contribution in [0.3, 0.4) is 0 Å². The first-order chi connectivity index (χ1) is 7.57. The van der Waals surface area contributed by atoms with Gasteiger partial charge in [0.25, 0.3) is 0 Å². The molecule has 0 unspecified atom stereocenters. The molecule has 7 nitrogen and oxygen atoms in total. The van der Waals surface area contributed by atoms with E-state index in [-0.39, 0.29) is 0 Å². The van der Waals surface area contributed by atoms with E-state index < -0.39 is 12.0 Å². The molecule has 0 rings (SSSR count). The van der Waals surface area contributed by atoms with Crippen molar-refractivity contribution in [3.05, 3.63) is 0 Å². The van der Waals surface area contributed by atoms with E-state index in [1.165, 1.54) is 0 Å². The van der Waals surface area contributed by atoms with Crippen molar-refractivity contribution in [3.63, 3.8) is 0 Å². The van der Waals surface area contributed by atoms with Gasteiger partial charge in [0.05, 0.1) is 0 Å². The third-order valence-electron chi connectivity index (χ3n) is 1.96. The number of nitrogens with one attached hydrogen (secondary N) is 1. The number of aliphatic imine (C=N–C) groups is 1. The molecule has 0 heterocycles. The molecule has 0 amide bonds. The van der Waals surface area contributed by atoms with Crippen molar-refractivity contribution in [2.24, 2.45) is 22.2 Å². The number of nitrogens with two attached hydrogens (primary N) is 3. The fraction of sp³-hybridized carbons (Fsp3) is 0.778. The molecule has 0 aromatic rings. The summed E-state index contributed by atoms with van der Waals surface area (Å²) in [7, 11) is 0. The Labute approximate surface area is 95.1 Å². The summed E-state index contributed by atoms with van der Waals surface area (Å²) in [5, 5.41) is 11.4. The van der Waals surface area contributed by atoms with E-state index >= 15 is 0 Å². The van der Waals surface area contributed by atoms with Crippen LogP contribution in [-0.2, 0) is 4.79 Å². The maximum atomic E-state index is 10.4. The smallest absolute Gasteiger partial charge is 0.320 e. The molecule has 0 aliphatic carbocycles. The van der Waals surface area contributed by atoms with Crippen LogP contribution in [0, 0.1) is 0 Å². The highest BCUT2D eigenvalue weighted by Gasteiger charge is 2.09. The molecule has 0 aliphatic rings. The molecule has 1 atom stereocenters. The second kappa shape index (κ2) is 8.93. The molecular formula is C9H21N5O2. The molecule has 94 valence electrons. The summed E-state index contributed by atoms with van der Waals surface area (Å²) in [5.74, 6) is -0.623. The Kier molecular flexibility index (Phi) is 8.18. The molecule has 0 aliphatic heterocycles. The fourth-order valence-electron chi connectivity index (χ4n) is 1.01. The molecule has 16 heavy (non-hydrogen) atoms. The maximum Gasteiger partial charge on any atom is 0.320 e. The lowest BCUT2D eigenvalue weighted by molar-refractivity contribution is -0.138. The van der Waals surface area contributed by atoms with E-state index in [0.717, 1.165) is 6.42 Å². The minimum Gasteiger partial charge on any atom is -0.480 e. The van der Waals surface area contributed by atoms with Gasteiger partial charge in [0.2, 0.25) is 0 Å². The van der Waals surface area contributed by atoms with Gasteiger partial charge in [-0.25, -0.2) is 0 Å². The number of aliphatic carboxylic acids is 1. The van der Waals surface area contributed by atoms with Crippen LogP contribution in [0.4, 0.5) is 0 Å². The SMILES string of the molecule is NCCCN=C(N)NCCC[C@H](N)C(=O)O. The molecule has 0 radical (unpaired) electrons. The first-order valence-electron chi connectivity index (χ1n) is 5.30. The molecule has 0 bridgehead atoms. The van der Waals surface area contributed by atoms with Crippen LogP contribution in [0.5, 0.6) is 0 Å². The van der Waals surface area contributed by atoms with Gasteiger partial charge in [-0.05, 0) is 25.8 Å². The van der Waals surface area contributed by atoms with Crippen molar-refractivity contribution < 1.29 is 9.90 Å². The zero-order valence-corrected chi connectivity index (χ0v) is 9.35. The lowest BCUT2D eigenvalue weighted by Gasteiger charge is -2.07. The van der Waals surface area contributed by atoms with Gasteiger partial charge in [-0.3, -0.25) is 9.79 Å². The van der Waals surface area contributed by atoms with Crippen LogP contribution in [-0.4, -0.2) is 42.7 Å². The van der Waals surface area contributed by atoms with Crippen molar-refractivity contribution >= 4 is 11.9 Å². The van der Waals surface area contributed by atoms with Gasteiger partial charge >= 0.3 is 5.97 Å². The Morgan fingerprint density at radius 2 is 2.12 bits per heavy atom. The van der Waals surface area contributed by atoms with Crippen molar-refractivity contribution in [3.8, 4) is 0 Å². The molecule has 7 heteroatoms. The number of hydrogen-bond donors (Lipinski definition) is 5. The van der Waals surface area contributed by atoms with Crippen LogP contribution >= 0.6 is 0 Å². The molecule has 0 saturated carbocycles. The largest absolute Gasteiger partial charge is 0.480 e. The normalized spacial score (nSPS) is 13.5. The number of carbonyl (C=O) groups is 1. The summed E-state index contributed by atoms with van der Waals surface area (Å²) in [6, 6.07) is -0.808. The summed E-state index contributed by atoms with van der Waals surface area (Å²) in [4.78, 5) is 14.4. The average molecular weight is 231 g/mol. The third-order valence-corrected chi connectivity index (χ3v) is 1.96. The van der Waals surface area contributed by atoms with Gasteiger partial charge in [0.15, 0.2) is 5.96 Å². The topological polar surface area (TPSA) is 140 Å². The zero-order chi connectivity index (χ0) is 12.4. The van der Waals surface area contributed by atoms with Crippen LogP contribution in [0.25, 0.3) is 0 Å². The number of guanidine groups is 1. The summed E-state index contributed by atoms with van der Waals surface area (Å²) >= 11 is 0. The Morgan fingerprint density at radius 3 is 2.69 bits per heavy atom. The van der Waals surface area contributed by atoms with Crippen LogP contribution in [0.15, 0.2) is 4.99 Å². The summed E-state index contributed by atoms with van der Waals surface area (Å²) < 4.78 is 0. The van der Waals surface area contributed by atoms with Gasteiger partial charge in [-0.15, -0.1) is 0 Å². The van der Waals surface area contributed by atoms with Gasteiger partial charge in [-0.2, -0.15) is 0 Å². The maximum absolute atomic E-state index is 10.4. The first kappa shape index (κ1) is 14.7. The van der Waals surface area contributed by atoms with Crippen molar-refractivity contribution in [2.45, 2.75) is 25.3 Å². The minimum atomic E-state index is -0.982. The van der Waals surface area contributed by atoms with Crippen molar-refractivity contribution in [2.75, 3.05) is 19.6 Å². The van der Waals surface area contributed by atoms with Crippen LogP contribution < -0.4 is 22.5 Å². The van der Waals surface area contributed by atoms with E-state index in [0.29, 0.717) is 38.4 Å². The van der Waals surface area contributed by atoms with Gasteiger partial charge in [0, 0.05) is 13.1 Å². The molecule has 0 aromatic heterocycles. The van der Waals surface area contributed by atoms with Crippen LogP contribution in [0.2, 0.25) is 0 Å². The van der Waals surface area contributed by atoms with Gasteiger partial charge < -0.3 is 27.6 Å². The predicted octanol–water partition coefficient (Wildman–Crippen LogP) is -1.57. The fourth-order valence-corrected chi connectivity index (χ4v) is 1.01. The highest BCUT2D eigenvalue weighted by molar-refractivity contribution is 5.77. The number of hydrogen-bond acceptors (Lipinski definition) is 4. The molecule has 0 fully saturated rings. The number of carboxylic acid groups (broad SMARTS) is 1. The molecule has 0 aromatic carbocycles. The van der Waals surface area contributed by atoms with Crippen LogP contribution in [0.1, 0.15) is 19.3 Å². The molecule has 8 N–H and O–H groups in total. The van der Waals surface area contributed by atoms with E-state index in [9.17, 15) is 4.79 Å². The second-order valence-electron chi connectivity index (χ2n) is 3.42. The summed E-state index contributed by atoms with van der Waals surface area (Å²) in [6.45, 7) is 1.76. The predicted molar refractivity (Wildman–Crippen MR) is 63.0 cm³/mol. The lowest BCUT2D eigenvalue weighted by atomic mass is 10.2. The van der Waals surface area contributed by atoms with E-state index in [1.54, 1.807) is 0 Å². The van der Waals surface area contributed by atoms with E-state index in [2.05, 4.69) is 10.3 Å². The molecule has 0 saturated heterocycles. The third kappa shape index (κ3) is 8.01. The Bertz CT molecular complexity index is 232. The molecular weight excluding hydrogens is 210 g/mol. The number of rotatable bonds is 8. The van der Waals surface area contributed by atoms with Gasteiger partial charge in [0.1, 0.15) is 6.04 Å². The van der Waals surface area contributed by atoms with Crippen molar-refractivity contribution in [1.82, 2.24) is 5.32 Å². The summed E-state index contributed by atoms with van der Waals surface area (Å²) in [6.07, 6.45) is 1.85. The standard InChI is InChI=1S/C9H21N5O2/c10-4-2-6-14-9(12)13-5-1-3-7(11)8(15)16/h7H,1-6,10-11H2,(H,15,16)(H3,12,13,14)/t7-/m0/s1. The lowest BCUT2D eigenvalue weighted by Crippen LogP contribution is -2.35. The van der Waals surface area contributed by atoms with E-state index in [1.807, 2.05) is 0 Å². The first-order valence-corrected chi connectivity index (χ1v) is 5.30. The monoisotopic (exact) mass is 231 g/mol. The Morgan fingerprint density at radius 1 is 1.44 bits per heavy atom. The Balaban J connectivity index is 3.50. The second-order valence-corrected chi connectivity index (χ2v) is 3.42. The number of nitrogens with zero attached hydrogens (tertiary/aromatic N) is 1. The highest BCUT2D eigenvalue weighted by atomic mass is 16.4. The zero-order valence-electron chi connectivity index (χ0n) is 9.35. The van der Waals surface area contributed by atoms with Crippen molar-refractivity contribution in [1.29, 1.82) is 0 Å². The minimum absolute atomic E-state index is 0.359.